The normalized spacial score (nSPS) is 10.8. The first kappa shape index (κ1) is 13.9. The topological polar surface area (TPSA) is 37.9 Å². The molecule has 4 aromatic rings. The highest BCUT2D eigenvalue weighted by atomic mass is 35.5. The summed E-state index contributed by atoms with van der Waals surface area (Å²) in [5.74, 6) is 2.22. The smallest absolute Gasteiger partial charge is 0.146 e. The molecular weight excluding hydrogens is 308 g/mol. The Morgan fingerprint density at radius 1 is 0.826 bits per heavy atom. The van der Waals surface area contributed by atoms with E-state index in [2.05, 4.69) is 9.97 Å². The standard InChI is InChI=1S/C19H13ClN2O/c20-15-5-1-4-8-18(15)23-14-11-9-13(10-12-14)19-21-16-6-2-3-7-17(16)22-19/h1-12H,(H,21,22). The summed E-state index contributed by atoms with van der Waals surface area (Å²) in [7, 11) is 0. The van der Waals surface area contributed by atoms with Crippen LogP contribution in [0.15, 0.2) is 72.8 Å². The second-order valence-electron chi connectivity index (χ2n) is 5.16. The van der Waals surface area contributed by atoms with Crippen molar-refractivity contribution in [3.05, 3.63) is 77.8 Å². The molecule has 23 heavy (non-hydrogen) atoms. The largest absolute Gasteiger partial charge is 0.456 e. The third kappa shape index (κ3) is 2.79. The van der Waals surface area contributed by atoms with Gasteiger partial charge >= 0.3 is 0 Å². The molecule has 1 aromatic heterocycles. The predicted octanol–water partition coefficient (Wildman–Crippen LogP) is 5.68. The number of fused-ring (bicyclic) bond motifs is 1. The van der Waals surface area contributed by atoms with Gasteiger partial charge in [0.1, 0.15) is 17.3 Å². The van der Waals surface area contributed by atoms with Gasteiger partial charge in [-0.1, -0.05) is 35.9 Å². The van der Waals surface area contributed by atoms with Crippen LogP contribution in [0.25, 0.3) is 22.4 Å². The Kier molecular flexibility index (Phi) is 3.48. The van der Waals surface area contributed by atoms with Crippen molar-refractivity contribution in [2.24, 2.45) is 0 Å². The molecule has 1 N–H and O–H groups in total. The highest BCUT2D eigenvalue weighted by Gasteiger charge is 2.06. The van der Waals surface area contributed by atoms with Gasteiger partial charge < -0.3 is 9.72 Å². The van der Waals surface area contributed by atoms with Crippen molar-refractivity contribution in [2.45, 2.75) is 0 Å². The van der Waals surface area contributed by atoms with E-state index in [1.54, 1.807) is 6.07 Å². The summed E-state index contributed by atoms with van der Waals surface area (Å²) >= 11 is 6.11. The van der Waals surface area contributed by atoms with Crippen molar-refractivity contribution in [3.63, 3.8) is 0 Å². The first-order valence-electron chi connectivity index (χ1n) is 7.27. The Morgan fingerprint density at radius 3 is 2.35 bits per heavy atom. The molecule has 112 valence electrons. The fourth-order valence-electron chi connectivity index (χ4n) is 2.42. The van der Waals surface area contributed by atoms with E-state index in [0.29, 0.717) is 10.8 Å². The van der Waals surface area contributed by atoms with Gasteiger partial charge in [0, 0.05) is 5.56 Å². The quantitative estimate of drug-likeness (QED) is 0.527. The maximum Gasteiger partial charge on any atom is 0.146 e. The molecule has 0 fully saturated rings. The zero-order valence-electron chi connectivity index (χ0n) is 12.2. The van der Waals surface area contributed by atoms with Crippen LogP contribution in [0.5, 0.6) is 11.5 Å². The van der Waals surface area contributed by atoms with Gasteiger partial charge in [0.05, 0.1) is 16.1 Å². The van der Waals surface area contributed by atoms with Gasteiger partial charge in [-0.15, -0.1) is 0 Å². The number of aromatic amines is 1. The van der Waals surface area contributed by atoms with Crippen molar-refractivity contribution in [1.82, 2.24) is 9.97 Å². The molecule has 1 heterocycles. The number of nitrogens with zero attached hydrogens (tertiary/aromatic N) is 1. The number of nitrogens with one attached hydrogen (secondary N) is 1. The van der Waals surface area contributed by atoms with Gasteiger partial charge in [-0.05, 0) is 48.5 Å². The Morgan fingerprint density at radius 2 is 1.57 bits per heavy atom. The summed E-state index contributed by atoms with van der Waals surface area (Å²) in [6.45, 7) is 0. The van der Waals surface area contributed by atoms with Crippen LogP contribution in [0.3, 0.4) is 0 Å². The van der Waals surface area contributed by atoms with Crippen molar-refractivity contribution in [3.8, 4) is 22.9 Å². The lowest BCUT2D eigenvalue weighted by atomic mass is 10.2. The molecule has 0 amide bonds. The Labute approximate surface area is 138 Å². The van der Waals surface area contributed by atoms with Crippen molar-refractivity contribution in [1.29, 1.82) is 0 Å². The third-order valence-corrected chi connectivity index (χ3v) is 3.89. The van der Waals surface area contributed by atoms with Crippen LogP contribution >= 0.6 is 11.6 Å². The van der Waals surface area contributed by atoms with Gasteiger partial charge in [0.2, 0.25) is 0 Å². The number of ether oxygens (including phenoxy) is 1. The van der Waals surface area contributed by atoms with E-state index in [9.17, 15) is 0 Å². The second-order valence-corrected chi connectivity index (χ2v) is 5.57. The van der Waals surface area contributed by atoms with Crippen LogP contribution in [0.1, 0.15) is 0 Å². The average molecular weight is 321 g/mol. The first-order chi connectivity index (χ1) is 11.3. The minimum absolute atomic E-state index is 0.592. The van der Waals surface area contributed by atoms with Gasteiger partial charge in [-0.2, -0.15) is 0 Å². The zero-order chi connectivity index (χ0) is 15.6. The van der Waals surface area contributed by atoms with Crippen LogP contribution < -0.4 is 4.74 Å². The van der Waals surface area contributed by atoms with Crippen molar-refractivity contribution >= 4 is 22.6 Å². The minimum Gasteiger partial charge on any atom is -0.456 e. The van der Waals surface area contributed by atoms with E-state index in [0.717, 1.165) is 28.2 Å². The zero-order valence-corrected chi connectivity index (χ0v) is 12.9. The number of H-pyrrole nitrogens is 1. The van der Waals surface area contributed by atoms with Crippen LogP contribution in [-0.2, 0) is 0 Å². The van der Waals surface area contributed by atoms with E-state index in [1.807, 2.05) is 66.7 Å². The van der Waals surface area contributed by atoms with Gasteiger partial charge in [-0.25, -0.2) is 4.98 Å². The van der Waals surface area contributed by atoms with Gasteiger partial charge in [-0.3, -0.25) is 0 Å². The lowest BCUT2D eigenvalue weighted by Crippen LogP contribution is -1.86. The summed E-state index contributed by atoms with van der Waals surface area (Å²) in [6, 6.07) is 23.2. The number of aromatic nitrogens is 2. The summed E-state index contributed by atoms with van der Waals surface area (Å²) in [5, 5.41) is 0.592. The molecule has 0 atom stereocenters. The summed E-state index contributed by atoms with van der Waals surface area (Å²) < 4.78 is 5.80. The number of hydrogen-bond acceptors (Lipinski definition) is 2. The molecule has 0 bridgehead atoms. The van der Waals surface area contributed by atoms with E-state index in [4.69, 9.17) is 16.3 Å². The number of imidazole rings is 1. The molecule has 0 saturated carbocycles. The molecule has 4 rings (SSSR count). The van der Waals surface area contributed by atoms with E-state index in [-0.39, 0.29) is 0 Å². The molecule has 4 heteroatoms. The fraction of sp³-hybridized carbons (Fsp3) is 0. The number of benzene rings is 3. The molecule has 0 saturated heterocycles. The molecule has 0 aliphatic rings. The number of para-hydroxylation sites is 3. The van der Waals surface area contributed by atoms with Gasteiger partial charge in [0.15, 0.2) is 0 Å². The lowest BCUT2D eigenvalue weighted by Gasteiger charge is -2.07. The number of hydrogen-bond donors (Lipinski definition) is 1. The minimum atomic E-state index is 0.592. The maximum absolute atomic E-state index is 6.11. The van der Waals surface area contributed by atoms with Crippen LogP contribution in [0, 0.1) is 0 Å². The SMILES string of the molecule is Clc1ccccc1Oc1ccc(-c2nc3ccccc3[nH]2)cc1. The van der Waals surface area contributed by atoms with Crippen LogP contribution in [-0.4, -0.2) is 9.97 Å². The lowest BCUT2D eigenvalue weighted by molar-refractivity contribution is 0.483. The van der Waals surface area contributed by atoms with Crippen molar-refractivity contribution in [2.75, 3.05) is 0 Å². The molecule has 3 aromatic carbocycles. The fourth-order valence-corrected chi connectivity index (χ4v) is 2.60. The molecule has 0 unspecified atom stereocenters. The number of halogens is 1. The van der Waals surface area contributed by atoms with E-state index < -0.39 is 0 Å². The number of rotatable bonds is 3. The Hall–Kier alpha value is -2.78. The predicted molar refractivity (Wildman–Crippen MR) is 93.1 cm³/mol. The summed E-state index contributed by atoms with van der Waals surface area (Å²) in [6.07, 6.45) is 0. The molecule has 0 aliphatic carbocycles. The van der Waals surface area contributed by atoms with Crippen LogP contribution in [0.4, 0.5) is 0 Å². The van der Waals surface area contributed by atoms with E-state index >= 15 is 0 Å². The molecular formula is C19H13ClN2O. The first-order valence-corrected chi connectivity index (χ1v) is 7.65. The van der Waals surface area contributed by atoms with Gasteiger partial charge in [0.25, 0.3) is 0 Å². The monoisotopic (exact) mass is 320 g/mol. The highest BCUT2D eigenvalue weighted by Crippen LogP contribution is 2.30. The Balaban J connectivity index is 1.61. The highest BCUT2D eigenvalue weighted by molar-refractivity contribution is 6.32. The summed E-state index contributed by atoms with van der Waals surface area (Å²) in [5.41, 5.74) is 2.99. The third-order valence-electron chi connectivity index (χ3n) is 3.58. The Bertz CT molecular complexity index is 927. The second kappa shape index (κ2) is 5.78. The molecule has 0 spiro atoms. The molecule has 3 nitrogen and oxygen atoms in total. The summed E-state index contributed by atoms with van der Waals surface area (Å²) in [4.78, 5) is 7.91. The van der Waals surface area contributed by atoms with Crippen LogP contribution in [0.2, 0.25) is 5.02 Å². The average Bonchev–Trinajstić information content (AvgIpc) is 3.02. The molecule has 0 radical (unpaired) electrons. The van der Waals surface area contributed by atoms with Crippen molar-refractivity contribution < 1.29 is 4.74 Å². The maximum atomic E-state index is 6.11. The molecule has 0 aliphatic heterocycles. The van der Waals surface area contributed by atoms with E-state index in [1.165, 1.54) is 0 Å².